The Morgan fingerprint density at radius 1 is 1.50 bits per heavy atom. The first-order valence-electron chi connectivity index (χ1n) is 6.46. The molecule has 0 fully saturated rings. The van der Waals surface area contributed by atoms with Crippen molar-refractivity contribution in [2.45, 2.75) is 33.2 Å². The second-order valence-electron chi connectivity index (χ2n) is 4.70. The van der Waals surface area contributed by atoms with Crippen molar-refractivity contribution in [3.8, 4) is 0 Å². The molecule has 2 N–H and O–H groups in total. The first kappa shape index (κ1) is 14.5. The Labute approximate surface area is 122 Å². The number of halogens is 1. The molecule has 0 aliphatic heterocycles. The second kappa shape index (κ2) is 6.05. The predicted molar refractivity (Wildman–Crippen MR) is 77.8 cm³/mol. The van der Waals surface area contributed by atoms with Gasteiger partial charge >= 0.3 is 0 Å². The van der Waals surface area contributed by atoms with Gasteiger partial charge in [-0.3, -0.25) is 14.9 Å². The van der Waals surface area contributed by atoms with Gasteiger partial charge in [0.15, 0.2) is 5.69 Å². The summed E-state index contributed by atoms with van der Waals surface area (Å²) < 4.78 is 0. The van der Waals surface area contributed by atoms with Crippen molar-refractivity contribution in [3.05, 3.63) is 46.0 Å². The molecule has 0 aliphatic rings. The number of carbonyl (C=O) groups is 1. The van der Waals surface area contributed by atoms with Crippen LogP contribution >= 0.6 is 11.6 Å². The molecule has 1 amide bonds. The molecular formula is C14H17ClN4O. The van der Waals surface area contributed by atoms with Gasteiger partial charge in [-0.15, -0.1) is 0 Å². The largest absolute Gasteiger partial charge is 0.342 e. The zero-order valence-electron chi connectivity index (χ0n) is 11.7. The summed E-state index contributed by atoms with van der Waals surface area (Å²) in [7, 11) is 0. The molecule has 0 aliphatic carbocycles. The normalized spacial score (nSPS) is 12.2. The summed E-state index contributed by atoms with van der Waals surface area (Å²) in [5, 5.41) is 9.89. The Balaban J connectivity index is 2.18. The maximum absolute atomic E-state index is 12.2. The average Bonchev–Trinajstić information content (AvgIpc) is 2.76. The fourth-order valence-electron chi connectivity index (χ4n) is 1.93. The van der Waals surface area contributed by atoms with Crippen LogP contribution in [0.5, 0.6) is 0 Å². The Kier molecular flexibility index (Phi) is 4.39. The number of nitrogens with zero attached hydrogens (tertiary/aromatic N) is 2. The average molecular weight is 293 g/mol. The van der Waals surface area contributed by atoms with Crippen molar-refractivity contribution < 1.29 is 4.79 Å². The predicted octanol–water partition coefficient (Wildman–Crippen LogP) is 2.96. The number of hydrogen-bond acceptors (Lipinski definition) is 3. The van der Waals surface area contributed by atoms with Gasteiger partial charge in [0.05, 0.1) is 22.5 Å². The van der Waals surface area contributed by atoms with Crippen molar-refractivity contribution >= 4 is 17.5 Å². The molecule has 2 heterocycles. The van der Waals surface area contributed by atoms with Gasteiger partial charge in [-0.2, -0.15) is 5.10 Å². The summed E-state index contributed by atoms with van der Waals surface area (Å²) in [4.78, 5) is 16.5. The van der Waals surface area contributed by atoms with Gasteiger partial charge < -0.3 is 5.32 Å². The highest BCUT2D eigenvalue weighted by Crippen LogP contribution is 2.20. The number of amides is 1. The number of rotatable bonds is 4. The van der Waals surface area contributed by atoms with Crippen LogP contribution in [0.1, 0.15) is 46.8 Å². The smallest absolute Gasteiger partial charge is 0.273 e. The lowest BCUT2D eigenvalue weighted by Crippen LogP contribution is -2.29. The van der Waals surface area contributed by atoms with E-state index in [0.29, 0.717) is 10.7 Å². The number of aromatic amines is 1. The lowest BCUT2D eigenvalue weighted by molar-refractivity contribution is 0.0929. The van der Waals surface area contributed by atoms with E-state index in [1.54, 1.807) is 13.1 Å². The van der Waals surface area contributed by atoms with Gasteiger partial charge in [-0.25, -0.2) is 0 Å². The zero-order valence-corrected chi connectivity index (χ0v) is 12.5. The van der Waals surface area contributed by atoms with E-state index in [0.717, 1.165) is 17.7 Å². The summed E-state index contributed by atoms with van der Waals surface area (Å²) in [5.41, 5.74) is 2.84. The molecule has 20 heavy (non-hydrogen) atoms. The quantitative estimate of drug-likeness (QED) is 0.910. The number of hydrogen-bond donors (Lipinski definition) is 2. The van der Waals surface area contributed by atoms with Crippen LogP contribution in [-0.4, -0.2) is 21.1 Å². The number of pyridine rings is 1. The summed E-state index contributed by atoms with van der Waals surface area (Å²) in [6.07, 6.45) is 2.48. The van der Waals surface area contributed by atoms with Crippen LogP contribution in [0.15, 0.2) is 18.3 Å². The molecule has 0 saturated carbocycles. The summed E-state index contributed by atoms with van der Waals surface area (Å²) in [5.74, 6) is -0.297. The van der Waals surface area contributed by atoms with Crippen molar-refractivity contribution in [2.24, 2.45) is 0 Å². The minimum atomic E-state index is -0.297. The van der Waals surface area contributed by atoms with Crippen LogP contribution in [0.2, 0.25) is 5.02 Å². The van der Waals surface area contributed by atoms with Gasteiger partial charge in [0.2, 0.25) is 0 Å². The number of aryl methyl sites for hydroxylation is 2. The highest BCUT2D eigenvalue weighted by atomic mass is 35.5. The molecule has 0 radical (unpaired) electrons. The van der Waals surface area contributed by atoms with Crippen LogP contribution in [0.4, 0.5) is 0 Å². The maximum Gasteiger partial charge on any atom is 0.273 e. The third kappa shape index (κ3) is 2.99. The van der Waals surface area contributed by atoms with E-state index < -0.39 is 0 Å². The van der Waals surface area contributed by atoms with E-state index in [2.05, 4.69) is 20.5 Å². The molecule has 106 valence electrons. The molecule has 0 aromatic carbocycles. The molecule has 0 saturated heterocycles. The summed E-state index contributed by atoms with van der Waals surface area (Å²) in [6, 6.07) is 3.73. The summed E-state index contributed by atoms with van der Waals surface area (Å²) >= 11 is 6.03. The number of nitrogens with one attached hydrogen (secondary N) is 2. The molecular weight excluding hydrogens is 276 g/mol. The topological polar surface area (TPSA) is 70.7 Å². The lowest BCUT2D eigenvalue weighted by atomic mass is 10.1. The Morgan fingerprint density at radius 3 is 2.80 bits per heavy atom. The summed E-state index contributed by atoms with van der Waals surface area (Å²) in [6.45, 7) is 5.76. The van der Waals surface area contributed by atoms with Gasteiger partial charge in [0.25, 0.3) is 5.91 Å². The standard InChI is InChI=1S/C14H17ClN4O/c1-4-10(11-7-8(2)5-6-16-11)17-14(20)13-12(15)9(3)18-19-13/h5-7,10H,4H2,1-3H3,(H,17,20)(H,18,19)/t10-/m0/s1. The van der Waals surface area contributed by atoms with Gasteiger partial charge in [0, 0.05) is 6.20 Å². The van der Waals surface area contributed by atoms with Crippen LogP contribution in [-0.2, 0) is 0 Å². The first-order chi connectivity index (χ1) is 9.52. The van der Waals surface area contributed by atoms with Gasteiger partial charge in [-0.1, -0.05) is 18.5 Å². The molecule has 0 unspecified atom stereocenters. The zero-order chi connectivity index (χ0) is 14.7. The first-order valence-corrected chi connectivity index (χ1v) is 6.84. The molecule has 2 aromatic heterocycles. The highest BCUT2D eigenvalue weighted by Gasteiger charge is 2.20. The van der Waals surface area contributed by atoms with E-state index in [1.807, 2.05) is 26.0 Å². The Morgan fingerprint density at radius 2 is 2.25 bits per heavy atom. The molecule has 5 nitrogen and oxygen atoms in total. The molecule has 2 rings (SSSR count). The SMILES string of the molecule is CC[C@H](NC(=O)c1n[nH]c(C)c1Cl)c1cc(C)ccn1. The van der Waals surface area contributed by atoms with Gasteiger partial charge in [-0.05, 0) is 38.0 Å². The molecule has 0 bridgehead atoms. The molecule has 0 spiro atoms. The van der Waals surface area contributed by atoms with Crippen molar-refractivity contribution in [3.63, 3.8) is 0 Å². The number of carbonyl (C=O) groups excluding carboxylic acids is 1. The second-order valence-corrected chi connectivity index (χ2v) is 5.08. The Hall–Kier alpha value is -1.88. The lowest BCUT2D eigenvalue weighted by Gasteiger charge is -2.16. The fourth-order valence-corrected chi connectivity index (χ4v) is 2.10. The molecule has 1 atom stereocenters. The van der Waals surface area contributed by atoms with Crippen LogP contribution in [0, 0.1) is 13.8 Å². The molecule has 2 aromatic rings. The monoisotopic (exact) mass is 292 g/mol. The fraction of sp³-hybridized carbons (Fsp3) is 0.357. The maximum atomic E-state index is 12.2. The van der Waals surface area contributed by atoms with Gasteiger partial charge in [0.1, 0.15) is 0 Å². The van der Waals surface area contributed by atoms with Crippen LogP contribution in [0.3, 0.4) is 0 Å². The minimum Gasteiger partial charge on any atom is -0.342 e. The van der Waals surface area contributed by atoms with E-state index in [-0.39, 0.29) is 17.6 Å². The number of aromatic nitrogens is 3. The highest BCUT2D eigenvalue weighted by molar-refractivity contribution is 6.34. The van der Waals surface area contributed by atoms with E-state index in [1.165, 1.54) is 0 Å². The third-order valence-electron chi connectivity index (χ3n) is 3.09. The van der Waals surface area contributed by atoms with E-state index in [4.69, 9.17) is 11.6 Å². The van der Waals surface area contributed by atoms with Crippen LogP contribution in [0.25, 0.3) is 0 Å². The van der Waals surface area contributed by atoms with Crippen LogP contribution < -0.4 is 5.32 Å². The minimum absolute atomic E-state index is 0.157. The Bertz CT molecular complexity index is 623. The molecule has 6 heteroatoms. The number of H-pyrrole nitrogens is 1. The van der Waals surface area contributed by atoms with Crippen molar-refractivity contribution in [2.75, 3.05) is 0 Å². The van der Waals surface area contributed by atoms with E-state index in [9.17, 15) is 4.79 Å². The third-order valence-corrected chi connectivity index (χ3v) is 3.56. The van der Waals surface area contributed by atoms with Crippen molar-refractivity contribution in [1.82, 2.24) is 20.5 Å². The van der Waals surface area contributed by atoms with Crippen molar-refractivity contribution in [1.29, 1.82) is 0 Å². The van der Waals surface area contributed by atoms with E-state index >= 15 is 0 Å².